The Morgan fingerprint density at radius 2 is 1.80 bits per heavy atom. The highest BCUT2D eigenvalue weighted by Gasteiger charge is 2.31. The lowest BCUT2D eigenvalue weighted by Crippen LogP contribution is -2.53. The molecular weight excluding hydrogens is 416 g/mol. The van der Waals surface area contributed by atoms with Gasteiger partial charge in [0.05, 0.1) is 5.71 Å². The van der Waals surface area contributed by atoms with Gasteiger partial charge in [-0.05, 0) is 43.3 Å². The van der Waals surface area contributed by atoms with Crippen molar-refractivity contribution in [1.82, 2.24) is 10.2 Å². The molecule has 0 saturated carbocycles. The van der Waals surface area contributed by atoms with Crippen LogP contribution in [0.2, 0.25) is 5.02 Å². The predicted octanol–water partition coefficient (Wildman–Crippen LogP) is 4.02. The molecule has 1 saturated heterocycles. The number of nitrogens with zero attached hydrogens (tertiary/aromatic N) is 3. The van der Waals surface area contributed by atoms with E-state index in [9.17, 15) is 5.11 Å². The average molecular weight is 443 g/mol. The number of aliphatic imine (C=N–C) groups is 1. The highest BCUT2D eigenvalue weighted by molar-refractivity contribution is 7.80. The third kappa shape index (κ3) is 4.46. The number of likely N-dealkylation sites (tertiary alicyclic amines) is 1. The Bertz CT molecular complexity index is 928. The molecule has 2 N–H and O–H groups in total. The fourth-order valence-electron chi connectivity index (χ4n) is 4.06. The number of rotatable bonds is 2. The molecule has 2 heterocycles. The van der Waals surface area contributed by atoms with Crippen LogP contribution in [0.4, 0.5) is 5.69 Å². The average Bonchev–Trinajstić information content (AvgIpc) is 3.09. The van der Waals surface area contributed by atoms with Crippen LogP contribution in [0.25, 0.3) is 0 Å². The summed E-state index contributed by atoms with van der Waals surface area (Å²) < 4.78 is 0. The molecule has 2 aromatic carbocycles. The summed E-state index contributed by atoms with van der Waals surface area (Å²) in [6.07, 6.45) is 3.26. The molecule has 0 radical (unpaired) electrons. The maximum Gasteiger partial charge on any atom is 0.170 e. The molecule has 0 bridgehead atoms. The second-order valence-corrected chi connectivity index (χ2v) is 8.65. The number of aliphatic hydroxyl groups is 1. The van der Waals surface area contributed by atoms with Gasteiger partial charge in [-0.1, -0.05) is 54.8 Å². The molecule has 1 fully saturated rings. The molecule has 2 aromatic rings. The summed E-state index contributed by atoms with van der Waals surface area (Å²) in [5, 5.41) is 15.8. The van der Waals surface area contributed by atoms with Crippen LogP contribution in [0.1, 0.15) is 36.8 Å². The lowest BCUT2D eigenvalue weighted by molar-refractivity contribution is 0.139. The van der Waals surface area contributed by atoms with Crippen molar-refractivity contribution >= 4 is 40.3 Å². The molecule has 0 amide bonds. The predicted molar refractivity (Wildman–Crippen MR) is 128 cm³/mol. The monoisotopic (exact) mass is 442 g/mol. The number of benzodiazepines with no additional fused rings is 1. The van der Waals surface area contributed by atoms with Gasteiger partial charge in [-0.25, -0.2) is 0 Å². The summed E-state index contributed by atoms with van der Waals surface area (Å²) in [4.78, 5) is 8.98. The first-order valence-electron chi connectivity index (χ1n) is 10.4. The van der Waals surface area contributed by atoms with E-state index in [1.165, 1.54) is 12.8 Å². The number of anilines is 1. The lowest BCUT2D eigenvalue weighted by atomic mass is 10.0. The fourth-order valence-corrected chi connectivity index (χ4v) is 4.53. The quantitative estimate of drug-likeness (QED) is 0.688. The molecule has 0 aromatic heterocycles. The van der Waals surface area contributed by atoms with Gasteiger partial charge in [0.2, 0.25) is 0 Å². The molecule has 0 spiro atoms. The molecular formula is C23H27ClN4OS. The Kier molecular flexibility index (Phi) is 6.56. The van der Waals surface area contributed by atoms with Crippen LogP contribution in [0, 0.1) is 0 Å². The summed E-state index contributed by atoms with van der Waals surface area (Å²) in [6.45, 7) is 1.88. The number of nitrogens with one attached hydrogen (secondary N) is 1. The fraction of sp³-hybridized carbons (Fsp3) is 0.391. The zero-order valence-corrected chi connectivity index (χ0v) is 18.7. The molecule has 30 heavy (non-hydrogen) atoms. The number of hydrogen-bond donors (Lipinski definition) is 2. The van der Waals surface area contributed by atoms with Crippen molar-refractivity contribution in [2.24, 2.45) is 4.99 Å². The van der Waals surface area contributed by atoms with Gasteiger partial charge in [-0.2, -0.15) is 0 Å². The van der Waals surface area contributed by atoms with E-state index in [-0.39, 0.29) is 0 Å². The highest BCUT2D eigenvalue weighted by Crippen LogP contribution is 2.31. The molecule has 158 valence electrons. The number of aliphatic hydroxyl groups excluding tert-OH is 1. The smallest absolute Gasteiger partial charge is 0.170 e. The van der Waals surface area contributed by atoms with Crippen molar-refractivity contribution in [2.45, 2.75) is 38.1 Å². The maximum absolute atomic E-state index is 11.1. The summed E-state index contributed by atoms with van der Waals surface area (Å²) in [6, 6.07) is 15.6. The Labute approximate surface area is 188 Å². The van der Waals surface area contributed by atoms with Crippen LogP contribution in [-0.2, 0) is 0 Å². The van der Waals surface area contributed by atoms with Crippen LogP contribution in [0.15, 0.2) is 53.5 Å². The van der Waals surface area contributed by atoms with E-state index in [1.54, 1.807) is 0 Å². The van der Waals surface area contributed by atoms with Crippen LogP contribution < -0.4 is 10.2 Å². The van der Waals surface area contributed by atoms with Crippen LogP contribution >= 0.6 is 23.8 Å². The largest absolute Gasteiger partial charge is 0.370 e. The van der Waals surface area contributed by atoms with E-state index in [0.29, 0.717) is 10.1 Å². The van der Waals surface area contributed by atoms with Crippen molar-refractivity contribution in [1.29, 1.82) is 0 Å². The van der Waals surface area contributed by atoms with Gasteiger partial charge in [0.25, 0.3) is 0 Å². The summed E-state index contributed by atoms with van der Waals surface area (Å²) in [5.41, 5.74) is 3.52. The van der Waals surface area contributed by atoms with Gasteiger partial charge in [0.15, 0.2) is 17.5 Å². The Morgan fingerprint density at radius 1 is 1.10 bits per heavy atom. The molecule has 2 aliphatic heterocycles. The van der Waals surface area contributed by atoms with Gasteiger partial charge in [0.1, 0.15) is 0 Å². The minimum atomic E-state index is -0.879. The second-order valence-electron chi connectivity index (χ2n) is 7.83. The summed E-state index contributed by atoms with van der Waals surface area (Å²) in [5.74, 6) is 0. The first-order valence-corrected chi connectivity index (χ1v) is 11.2. The number of thiocarbonyl (C=S) groups is 1. The van der Waals surface area contributed by atoms with Gasteiger partial charge < -0.3 is 20.2 Å². The molecule has 2 atom stereocenters. The second kappa shape index (κ2) is 9.33. The van der Waals surface area contributed by atoms with Gasteiger partial charge in [-0.3, -0.25) is 4.99 Å². The van der Waals surface area contributed by atoms with E-state index in [4.69, 9.17) is 28.8 Å². The minimum absolute atomic E-state index is 0.605. The van der Waals surface area contributed by atoms with E-state index in [1.807, 2.05) is 60.5 Å². The van der Waals surface area contributed by atoms with E-state index >= 15 is 0 Å². The number of hydrogen-bond acceptors (Lipinski definition) is 4. The number of fused-ring (bicyclic) bond motifs is 1. The minimum Gasteiger partial charge on any atom is -0.370 e. The van der Waals surface area contributed by atoms with E-state index in [0.717, 1.165) is 48.5 Å². The zero-order valence-electron chi connectivity index (χ0n) is 17.1. The molecule has 4 rings (SSSR count). The summed E-state index contributed by atoms with van der Waals surface area (Å²) >= 11 is 12.0. The van der Waals surface area contributed by atoms with Crippen LogP contribution in [0.5, 0.6) is 0 Å². The van der Waals surface area contributed by atoms with Crippen molar-refractivity contribution in [3.05, 3.63) is 64.7 Å². The topological polar surface area (TPSA) is 51.1 Å². The standard InChI is InChI=1S/C23H27ClN4OS/c1-27-19-12-11-17(24)15-18(19)20(16-9-5-4-6-10-16)25-21(22(27)29)26-23(30)28-13-7-2-3-8-14-28/h4-6,9-12,15,21-22,29H,2-3,7-8,13-14H2,1H3,(H,26,30). The first-order chi connectivity index (χ1) is 14.5. The summed E-state index contributed by atoms with van der Waals surface area (Å²) in [7, 11) is 1.87. The van der Waals surface area contributed by atoms with E-state index < -0.39 is 12.4 Å². The lowest BCUT2D eigenvalue weighted by Gasteiger charge is -2.32. The van der Waals surface area contributed by atoms with Crippen molar-refractivity contribution < 1.29 is 5.11 Å². The Balaban J connectivity index is 1.72. The van der Waals surface area contributed by atoms with Crippen LogP contribution in [-0.4, -0.2) is 53.4 Å². The normalized spacial score (nSPS) is 21.9. The van der Waals surface area contributed by atoms with E-state index in [2.05, 4.69) is 10.2 Å². The van der Waals surface area contributed by atoms with Crippen LogP contribution in [0.3, 0.4) is 0 Å². The number of benzene rings is 2. The first kappa shape index (κ1) is 21.1. The number of halogens is 1. The van der Waals surface area contributed by atoms with Gasteiger partial charge in [0, 0.05) is 42.0 Å². The van der Waals surface area contributed by atoms with Crippen molar-refractivity contribution in [2.75, 3.05) is 25.0 Å². The molecule has 5 nitrogen and oxygen atoms in total. The Morgan fingerprint density at radius 3 is 2.50 bits per heavy atom. The SMILES string of the molecule is CN1c2ccc(Cl)cc2C(c2ccccc2)=NC(NC(=S)N2CCCCCC2)C1O. The molecule has 2 unspecified atom stereocenters. The zero-order chi connectivity index (χ0) is 21.1. The van der Waals surface area contributed by atoms with Crippen molar-refractivity contribution in [3.63, 3.8) is 0 Å². The molecule has 2 aliphatic rings. The number of likely N-dealkylation sites (N-methyl/N-ethyl adjacent to an activating group) is 1. The Hall–Kier alpha value is -2.15. The van der Waals surface area contributed by atoms with Gasteiger partial charge >= 0.3 is 0 Å². The maximum atomic E-state index is 11.1. The van der Waals surface area contributed by atoms with Crippen molar-refractivity contribution in [3.8, 4) is 0 Å². The molecule has 0 aliphatic carbocycles. The third-order valence-corrected chi connectivity index (χ3v) is 6.36. The van der Waals surface area contributed by atoms with Gasteiger partial charge in [-0.15, -0.1) is 0 Å². The third-order valence-electron chi connectivity index (χ3n) is 5.75. The highest BCUT2D eigenvalue weighted by atomic mass is 35.5. The molecule has 7 heteroatoms.